The second kappa shape index (κ2) is 5.36. The van der Waals surface area contributed by atoms with Crippen molar-refractivity contribution >= 4 is 22.6 Å². The fraction of sp³-hybridized carbons (Fsp3) is 0.143. The summed E-state index contributed by atoms with van der Waals surface area (Å²) in [6.07, 6.45) is 0. The van der Waals surface area contributed by atoms with Gasteiger partial charge in [0.2, 0.25) is 0 Å². The van der Waals surface area contributed by atoms with Crippen LogP contribution in [-0.2, 0) is 6.54 Å². The standard InChI is InChI=1S/C14H11IN2O/c1-2-17-13(8-7-12(15)14(17)18)11-5-3-10(9-16)4-6-11/h3-8H,2H2,1H3. The topological polar surface area (TPSA) is 45.8 Å². The van der Waals surface area contributed by atoms with E-state index in [9.17, 15) is 4.79 Å². The molecule has 2 aromatic rings. The molecule has 90 valence electrons. The molecule has 0 saturated carbocycles. The van der Waals surface area contributed by atoms with Crippen LogP contribution in [0, 0.1) is 14.9 Å². The number of nitriles is 1. The van der Waals surface area contributed by atoms with Gasteiger partial charge >= 0.3 is 0 Å². The van der Waals surface area contributed by atoms with Crippen molar-refractivity contribution in [2.45, 2.75) is 13.5 Å². The Bertz CT molecular complexity index is 666. The number of rotatable bonds is 2. The van der Waals surface area contributed by atoms with Gasteiger partial charge in [0, 0.05) is 6.54 Å². The van der Waals surface area contributed by atoms with Gasteiger partial charge in [-0.15, -0.1) is 0 Å². The number of benzene rings is 1. The van der Waals surface area contributed by atoms with Gasteiger partial charge in [-0.05, 0) is 59.3 Å². The van der Waals surface area contributed by atoms with Crippen LogP contribution < -0.4 is 5.56 Å². The maximum absolute atomic E-state index is 12.0. The molecule has 0 saturated heterocycles. The lowest BCUT2D eigenvalue weighted by Gasteiger charge is -2.11. The molecule has 18 heavy (non-hydrogen) atoms. The van der Waals surface area contributed by atoms with Crippen LogP contribution in [0.5, 0.6) is 0 Å². The first-order valence-corrected chi connectivity index (χ1v) is 6.65. The van der Waals surface area contributed by atoms with Gasteiger partial charge in [-0.1, -0.05) is 12.1 Å². The summed E-state index contributed by atoms with van der Waals surface area (Å²) in [5.41, 5.74) is 2.48. The average molecular weight is 350 g/mol. The maximum atomic E-state index is 12.0. The number of hydrogen-bond acceptors (Lipinski definition) is 2. The first kappa shape index (κ1) is 12.8. The average Bonchev–Trinajstić information content (AvgIpc) is 2.42. The number of pyridine rings is 1. The summed E-state index contributed by atoms with van der Waals surface area (Å²) in [4.78, 5) is 12.0. The third-order valence-corrected chi connectivity index (χ3v) is 3.57. The molecule has 0 fully saturated rings. The minimum atomic E-state index is 0.0277. The van der Waals surface area contributed by atoms with E-state index in [2.05, 4.69) is 6.07 Å². The molecule has 0 radical (unpaired) electrons. The van der Waals surface area contributed by atoms with Gasteiger partial charge in [0.15, 0.2) is 0 Å². The van der Waals surface area contributed by atoms with Gasteiger partial charge in [0.25, 0.3) is 5.56 Å². The fourth-order valence-corrected chi connectivity index (χ4v) is 2.30. The Kier molecular flexibility index (Phi) is 3.82. The van der Waals surface area contributed by atoms with E-state index in [1.807, 2.05) is 53.8 Å². The van der Waals surface area contributed by atoms with E-state index >= 15 is 0 Å². The third-order valence-electron chi connectivity index (χ3n) is 2.75. The van der Waals surface area contributed by atoms with Crippen LogP contribution in [0.2, 0.25) is 0 Å². The SMILES string of the molecule is CCn1c(-c2ccc(C#N)cc2)ccc(I)c1=O. The Morgan fingerprint density at radius 3 is 2.44 bits per heavy atom. The Balaban J connectivity index is 2.60. The highest BCUT2D eigenvalue weighted by Crippen LogP contribution is 2.19. The highest BCUT2D eigenvalue weighted by Gasteiger charge is 2.07. The number of hydrogen-bond donors (Lipinski definition) is 0. The Hall–Kier alpha value is -1.61. The fourth-order valence-electron chi connectivity index (χ4n) is 1.83. The second-order valence-electron chi connectivity index (χ2n) is 3.81. The number of halogens is 1. The zero-order valence-corrected chi connectivity index (χ0v) is 12.0. The monoisotopic (exact) mass is 350 g/mol. The maximum Gasteiger partial charge on any atom is 0.264 e. The molecule has 0 atom stereocenters. The smallest absolute Gasteiger partial charge is 0.264 e. The van der Waals surface area contributed by atoms with Crippen molar-refractivity contribution < 1.29 is 0 Å². The lowest BCUT2D eigenvalue weighted by molar-refractivity contribution is 0.731. The molecule has 0 spiro atoms. The molecule has 0 unspecified atom stereocenters. The highest BCUT2D eigenvalue weighted by molar-refractivity contribution is 14.1. The lowest BCUT2D eigenvalue weighted by atomic mass is 10.1. The van der Waals surface area contributed by atoms with Crippen molar-refractivity contribution in [2.75, 3.05) is 0 Å². The first-order valence-electron chi connectivity index (χ1n) is 5.57. The van der Waals surface area contributed by atoms with Crippen molar-refractivity contribution in [3.63, 3.8) is 0 Å². The minimum Gasteiger partial charge on any atom is -0.308 e. The molecule has 0 aliphatic heterocycles. The predicted octanol–water partition coefficient (Wildman–Crippen LogP) is 3.01. The minimum absolute atomic E-state index is 0.0277. The van der Waals surface area contributed by atoms with Crippen LogP contribution in [0.4, 0.5) is 0 Å². The largest absolute Gasteiger partial charge is 0.308 e. The van der Waals surface area contributed by atoms with E-state index in [4.69, 9.17) is 5.26 Å². The van der Waals surface area contributed by atoms with Crippen LogP contribution in [-0.4, -0.2) is 4.57 Å². The molecule has 3 nitrogen and oxygen atoms in total. The normalized spacial score (nSPS) is 10.1. The van der Waals surface area contributed by atoms with Crippen LogP contribution in [0.15, 0.2) is 41.2 Å². The van der Waals surface area contributed by atoms with Gasteiger partial charge in [-0.3, -0.25) is 4.79 Å². The van der Waals surface area contributed by atoms with E-state index in [-0.39, 0.29) is 5.56 Å². The number of nitrogens with zero attached hydrogens (tertiary/aromatic N) is 2. The van der Waals surface area contributed by atoms with Gasteiger partial charge in [-0.25, -0.2) is 0 Å². The zero-order chi connectivity index (χ0) is 13.1. The molecular formula is C14H11IN2O. The van der Waals surface area contributed by atoms with Crippen LogP contribution >= 0.6 is 22.6 Å². The third kappa shape index (κ3) is 2.31. The molecular weight excluding hydrogens is 339 g/mol. The highest BCUT2D eigenvalue weighted by atomic mass is 127. The summed E-state index contributed by atoms with van der Waals surface area (Å²) in [7, 11) is 0. The van der Waals surface area contributed by atoms with Crippen LogP contribution in [0.3, 0.4) is 0 Å². The Morgan fingerprint density at radius 2 is 1.89 bits per heavy atom. The van der Waals surface area contributed by atoms with E-state index in [1.54, 1.807) is 16.7 Å². The molecule has 0 aliphatic rings. The molecule has 4 heteroatoms. The van der Waals surface area contributed by atoms with Crippen molar-refractivity contribution in [3.8, 4) is 17.3 Å². The van der Waals surface area contributed by atoms with E-state index in [0.717, 1.165) is 11.3 Å². The molecule has 1 aromatic heterocycles. The van der Waals surface area contributed by atoms with Crippen LogP contribution in [0.25, 0.3) is 11.3 Å². The predicted molar refractivity (Wildman–Crippen MR) is 79.2 cm³/mol. The molecule has 0 N–H and O–H groups in total. The number of aromatic nitrogens is 1. The molecule has 0 aliphatic carbocycles. The van der Waals surface area contributed by atoms with Crippen molar-refractivity contribution in [1.82, 2.24) is 4.57 Å². The summed E-state index contributed by atoms with van der Waals surface area (Å²) >= 11 is 2.04. The Morgan fingerprint density at radius 1 is 1.22 bits per heavy atom. The van der Waals surface area contributed by atoms with E-state index in [0.29, 0.717) is 15.7 Å². The summed E-state index contributed by atoms with van der Waals surface area (Å²) in [5.74, 6) is 0. The zero-order valence-electron chi connectivity index (χ0n) is 9.85. The summed E-state index contributed by atoms with van der Waals surface area (Å²) < 4.78 is 2.45. The van der Waals surface area contributed by atoms with Crippen LogP contribution in [0.1, 0.15) is 12.5 Å². The molecule has 0 amide bonds. The second-order valence-corrected chi connectivity index (χ2v) is 4.97. The summed E-state index contributed by atoms with van der Waals surface area (Å²) in [6, 6.07) is 13.1. The molecule has 1 aromatic carbocycles. The van der Waals surface area contributed by atoms with Crippen molar-refractivity contribution in [3.05, 3.63) is 55.9 Å². The van der Waals surface area contributed by atoms with Gasteiger partial charge in [0.05, 0.1) is 20.9 Å². The van der Waals surface area contributed by atoms with Gasteiger partial charge in [0.1, 0.15) is 0 Å². The van der Waals surface area contributed by atoms with E-state index in [1.165, 1.54) is 0 Å². The summed E-state index contributed by atoms with van der Waals surface area (Å²) in [5, 5.41) is 8.77. The van der Waals surface area contributed by atoms with Crippen molar-refractivity contribution in [2.24, 2.45) is 0 Å². The Labute approximate surface area is 119 Å². The quantitative estimate of drug-likeness (QED) is 0.782. The summed E-state index contributed by atoms with van der Waals surface area (Å²) in [6.45, 7) is 2.58. The lowest BCUT2D eigenvalue weighted by Crippen LogP contribution is -2.22. The first-order chi connectivity index (χ1) is 8.67. The van der Waals surface area contributed by atoms with Crippen molar-refractivity contribution in [1.29, 1.82) is 5.26 Å². The molecule has 2 rings (SSSR count). The molecule has 0 bridgehead atoms. The van der Waals surface area contributed by atoms with Gasteiger partial charge in [-0.2, -0.15) is 5.26 Å². The van der Waals surface area contributed by atoms with E-state index < -0.39 is 0 Å². The molecule has 1 heterocycles. The van der Waals surface area contributed by atoms with Gasteiger partial charge < -0.3 is 4.57 Å².